The highest BCUT2D eigenvalue weighted by Crippen LogP contribution is 2.34. The standard InChI is InChI=1S/C18H27N3O/c1-19(2)12-13-21-9-6-15-4-5-16(14-17(15)21)18(22)7-10-20(3)11-8-18/h4-6,9,14,22H,7-8,10-13H2,1-3H3. The summed E-state index contributed by atoms with van der Waals surface area (Å²) >= 11 is 0. The van der Waals surface area contributed by atoms with Crippen LogP contribution in [0.2, 0.25) is 0 Å². The minimum absolute atomic E-state index is 0.669. The first-order valence-electron chi connectivity index (χ1n) is 8.13. The maximum Gasteiger partial charge on any atom is 0.0921 e. The van der Waals surface area contributed by atoms with Crippen molar-refractivity contribution in [1.29, 1.82) is 0 Å². The van der Waals surface area contributed by atoms with Crippen molar-refractivity contribution in [3.63, 3.8) is 0 Å². The van der Waals surface area contributed by atoms with E-state index >= 15 is 0 Å². The van der Waals surface area contributed by atoms with Gasteiger partial charge in [0.15, 0.2) is 0 Å². The van der Waals surface area contributed by atoms with Crippen LogP contribution in [0.4, 0.5) is 0 Å². The summed E-state index contributed by atoms with van der Waals surface area (Å²) in [5.74, 6) is 0. The zero-order chi connectivity index (χ0) is 15.7. The Morgan fingerprint density at radius 3 is 2.59 bits per heavy atom. The van der Waals surface area contributed by atoms with Crippen molar-refractivity contribution >= 4 is 10.9 Å². The average Bonchev–Trinajstić information content (AvgIpc) is 2.90. The molecule has 0 bridgehead atoms. The lowest BCUT2D eigenvalue weighted by Gasteiger charge is -2.37. The Kier molecular flexibility index (Phi) is 4.26. The molecule has 4 heteroatoms. The molecule has 0 saturated carbocycles. The summed E-state index contributed by atoms with van der Waals surface area (Å²) in [6, 6.07) is 8.60. The second kappa shape index (κ2) is 6.03. The van der Waals surface area contributed by atoms with Crippen LogP contribution in [0, 0.1) is 0 Å². The van der Waals surface area contributed by atoms with Crippen LogP contribution in [-0.4, -0.2) is 60.3 Å². The molecule has 4 nitrogen and oxygen atoms in total. The molecule has 2 heterocycles. The Balaban J connectivity index is 1.89. The number of benzene rings is 1. The van der Waals surface area contributed by atoms with Gasteiger partial charge in [0.25, 0.3) is 0 Å². The summed E-state index contributed by atoms with van der Waals surface area (Å²) in [6.07, 6.45) is 3.78. The molecule has 0 spiro atoms. The Morgan fingerprint density at radius 1 is 1.18 bits per heavy atom. The molecule has 3 rings (SSSR count). The predicted octanol–water partition coefficient (Wildman–Crippen LogP) is 2.12. The van der Waals surface area contributed by atoms with E-state index in [0.29, 0.717) is 0 Å². The van der Waals surface area contributed by atoms with Crippen LogP contribution in [0.1, 0.15) is 18.4 Å². The van der Waals surface area contributed by atoms with E-state index in [-0.39, 0.29) is 0 Å². The lowest BCUT2D eigenvalue weighted by molar-refractivity contribution is -0.0202. The molecule has 0 radical (unpaired) electrons. The molecule has 0 atom stereocenters. The van der Waals surface area contributed by atoms with Gasteiger partial charge in [0.05, 0.1) is 5.60 Å². The van der Waals surface area contributed by atoms with Crippen LogP contribution in [0.25, 0.3) is 10.9 Å². The number of hydrogen-bond donors (Lipinski definition) is 1. The summed E-state index contributed by atoms with van der Waals surface area (Å²) in [7, 11) is 6.31. The van der Waals surface area contributed by atoms with Crippen LogP contribution in [-0.2, 0) is 12.1 Å². The van der Waals surface area contributed by atoms with Gasteiger partial charge >= 0.3 is 0 Å². The van der Waals surface area contributed by atoms with E-state index in [1.807, 2.05) is 0 Å². The number of likely N-dealkylation sites (N-methyl/N-ethyl adjacent to an activating group) is 1. The zero-order valence-electron chi connectivity index (χ0n) is 13.9. The van der Waals surface area contributed by atoms with E-state index in [9.17, 15) is 5.11 Å². The van der Waals surface area contributed by atoms with E-state index in [0.717, 1.165) is 44.6 Å². The molecule has 1 aromatic heterocycles. The van der Waals surface area contributed by atoms with Crippen LogP contribution in [0.3, 0.4) is 0 Å². The molecule has 0 aliphatic carbocycles. The third-order valence-corrected chi connectivity index (χ3v) is 4.91. The highest BCUT2D eigenvalue weighted by atomic mass is 16.3. The Hall–Kier alpha value is -1.36. The fourth-order valence-corrected chi connectivity index (χ4v) is 3.25. The number of aromatic nitrogens is 1. The molecule has 0 amide bonds. The van der Waals surface area contributed by atoms with Crippen molar-refractivity contribution in [2.45, 2.75) is 25.0 Å². The summed E-state index contributed by atoms with van der Waals surface area (Å²) < 4.78 is 2.29. The van der Waals surface area contributed by atoms with Crippen molar-refractivity contribution in [1.82, 2.24) is 14.4 Å². The summed E-state index contributed by atoms with van der Waals surface area (Å²) in [6.45, 7) is 3.90. The second-order valence-electron chi connectivity index (χ2n) is 6.92. The molecular formula is C18H27N3O. The number of hydrogen-bond acceptors (Lipinski definition) is 3. The zero-order valence-corrected chi connectivity index (χ0v) is 13.9. The minimum Gasteiger partial charge on any atom is -0.385 e. The first-order chi connectivity index (χ1) is 10.5. The topological polar surface area (TPSA) is 31.6 Å². The van der Waals surface area contributed by atoms with Gasteiger partial charge in [0, 0.05) is 37.9 Å². The van der Waals surface area contributed by atoms with Crippen LogP contribution in [0.15, 0.2) is 30.5 Å². The first-order valence-corrected chi connectivity index (χ1v) is 8.13. The molecule has 1 saturated heterocycles. The summed E-state index contributed by atoms with van der Waals surface area (Å²) in [5, 5.41) is 12.3. The fraction of sp³-hybridized carbons (Fsp3) is 0.556. The Morgan fingerprint density at radius 2 is 1.91 bits per heavy atom. The van der Waals surface area contributed by atoms with Gasteiger partial charge in [-0.3, -0.25) is 0 Å². The average molecular weight is 301 g/mol. The van der Waals surface area contributed by atoms with Gasteiger partial charge in [-0.2, -0.15) is 0 Å². The second-order valence-corrected chi connectivity index (χ2v) is 6.92. The summed E-state index contributed by atoms with van der Waals surface area (Å²) in [4.78, 5) is 4.48. The minimum atomic E-state index is -0.669. The van der Waals surface area contributed by atoms with Crippen molar-refractivity contribution < 1.29 is 5.11 Å². The third-order valence-electron chi connectivity index (χ3n) is 4.91. The monoisotopic (exact) mass is 301 g/mol. The number of fused-ring (bicyclic) bond motifs is 1. The number of piperidine rings is 1. The fourth-order valence-electron chi connectivity index (χ4n) is 3.25. The van der Waals surface area contributed by atoms with Gasteiger partial charge in [0.1, 0.15) is 0 Å². The molecule has 1 aromatic carbocycles. The van der Waals surface area contributed by atoms with Crippen molar-refractivity contribution in [3.05, 3.63) is 36.0 Å². The molecule has 1 aliphatic rings. The SMILES string of the molecule is CN(C)CCn1ccc2ccc(C3(O)CCN(C)CC3)cc21. The number of aliphatic hydroxyl groups is 1. The van der Waals surface area contributed by atoms with E-state index in [1.54, 1.807) is 0 Å². The lowest BCUT2D eigenvalue weighted by atomic mass is 9.84. The van der Waals surface area contributed by atoms with Crippen LogP contribution < -0.4 is 0 Å². The molecule has 1 aliphatic heterocycles. The molecule has 22 heavy (non-hydrogen) atoms. The van der Waals surface area contributed by atoms with E-state index in [4.69, 9.17) is 0 Å². The van der Waals surface area contributed by atoms with Gasteiger partial charge in [-0.05, 0) is 57.1 Å². The van der Waals surface area contributed by atoms with E-state index < -0.39 is 5.60 Å². The predicted molar refractivity (Wildman–Crippen MR) is 91.1 cm³/mol. The summed E-state index contributed by atoms with van der Waals surface area (Å²) in [5.41, 5.74) is 1.63. The van der Waals surface area contributed by atoms with Gasteiger partial charge in [-0.15, -0.1) is 0 Å². The highest BCUT2D eigenvalue weighted by molar-refractivity contribution is 5.81. The molecule has 1 fully saturated rings. The quantitative estimate of drug-likeness (QED) is 0.938. The van der Waals surface area contributed by atoms with Crippen LogP contribution >= 0.6 is 0 Å². The Labute approximate surface area is 132 Å². The maximum absolute atomic E-state index is 11.0. The normalized spacial score (nSPS) is 19.1. The van der Waals surface area contributed by atoms with Crippen LogP contribution in [0.5, 0.6) is 0 Å². The van der Waals surface area contributed by atoms with Gasteiger partial charge in [0.2, 0.25) is 0 Å². The van der Waals surface area contributed by atoms with E-state index in [1.165, 1.54) is 10.9 Å². The third kappa shape index (κ3) is 3.05. The lowest BCUT2D eigenvalue weighted by Crippen LogP contribution is -2.40. The molecular weight excluding hydrogens is 274 g/mol. The smallest absolute Gasteiger partial charge is 0.0921 e. The molecule has 0 unspecified atom stereocenters. The van der Waals surface area contributed by atoms with Crippen molar-refractivity contribution in [2.24, 2.45) is 0 Å². The van der Waals surface area contributed by atoms with E-state index in [2.05, 4.69) is 66.0 Å². The largest absolute Gasteiger partial charge is 0.385 e. The number of nitrogens with zero attached hydrogens (tertiary/aromatic N) is 3. The molecule has 2 aromatic rings. The van der Waals surface area contributed by atoms with Crippen molar-refractivity contribution in [2.75, 3.05) is 40.8 Å². The Bertz CT molecular complexity index is 639. The molecule has 1 N–H and O–H groups in total. The molecule has 120 valence electrons. The van der Waals surface area contributed by atoms with Gasteiger partial charge in [-0.25, -0.2) is 0 Å². The maximum atomic E-state index is 11.0. The van der Waals surface area contributed by atoms with Crippen molar-refractivity contribution in [3.8, 4) is 0 Å². The number of likely N-dealkylation sites (tertiary alicyclic amines) is 1. The first kappa shape index (κ1) is 15.5. The van der Waals surface area contributed by atoms with Gasteiger partial charge < -0.3 is 19.5 Å². The van der Waals surface area contributed by atoms with Gasteiger partial charge in [-0.1, -0.05) is 12.1 Å². The number of rotatable bonds is 4. The highest BCUT2D eigenvalue weighted by Gasteiger charge is 2.33.